The predicted octanol–water partition coefficient (Wildman–Crippen LogP) is 0.954. The Morgan fingerprint density at radius 1 is 1.47 bits per heavy atom. The summed E-state index contributed by atoms with van der Waals surface area (Å²) in [6.45, 7) is 0. The number of rotatable bonds is 2. The zero-order valence-electron chi connectivity index (χ0n) is 7.24. The summed E-state index contributed by atoms with van der Waals surface area (Å²) in [6.07, 6.45) is -2.32. The van der Waals surface area contributed by atoms with Crippen LogP contribution in [0.25, 0.3) is 0 Å². The third kappa shape index (κ3) is 1.92. The number of hydrogen-bond donors (Lipinski definition) is 2. The zero-order valence-corrected chi connectivity index (χ0v) is 7.24. The average Bonchev–Trinajstić information content (AvgIpc) is 2.17. The molecule has 0 radical (unpaired) electrons. The molecule has 0 saturated carbocycles. The highest BCUT2D eigenvalue weighted by Crippen LogP contribution is 2.23. The minimum Gasteiger partial charge on any atom is -0.479 e. The zero-order chi connectivity index (χ0) is 11.6. The van der Waals surface area contributed by atoms with Crippen molar-refractivity contribution in [1.82, 2.24) is 0 Å². The van der Waals surface area contributed by atoms with Crippen LogP contribution < -0.4 is 0 Å². The molecular weight excluding hydrogens is 208 g/mol. The molecule has 1 aromatic carbocycles. The Morgan fingerprint density at radius 2 is 2.07 bits per heavy atom. The fraction of sp³-hybridized carbons (Fsp3) is 0.111. The maximum atomic E-state index is 13.3. The smallest absolute Gasteiger partial charge is 0.337 e. The van der Waals surface area contributed by atoms with Gasteiger partial charge in [0.05, 0.1) is 11.1 Å². The van der Waals surface area contributed by atoms with E-state index in [-0.39, 0.29) is 0 Å². The van der Waals surface area contributed by atoms with Gasteiger partial charge in [-0.25, -0.2) is 13.6 Å². The number of carboxylic acids is 1. The van der Waals surface area contributed by atoms with Crippen LogP contribution in [0.3, 0.4) is 0 Å². The summed E-state index contributed by atoms with van der Waals surface area (Å²) >= 11 is 0. The molecule has 0 aliphatic carbocycles. The normalized spacial score (nSPS) is 11.9. The standard InChI is InChI=1S/C9H5F2NO3/c10-5-2-1-4(3-12)7(11)6(5)8(13)9(14)15/h1-2,8,13H,(H,14,15). The van der Waals surface area contributed by atoms with Gasteiger partial charge in [0.15, 0.2) is 6.10 Å². The Bertz CT molecular complexity index is 453. The molecule has 0 amide bonds. The highest BCUT2D eigenvalue weighted by Gasteiger charge is 2.25. The molecule has 6 heteroatoms. The van der Waals surface area contributed by atoms with Gasteiger partial charge in [0.25, 0.3) is 0 Å². The average molecular weight is 213 g/mol. The minimum atomic E-state index is -2.32. The quantitative estimate of drug-likeness (QED) is 0.766. The molecule has 0 bridgehead atoms. The van der Waals surface area contributed by atoms with Crippen molar-refractivity contribution in [2.75, 3.05) is 0 Å². The van der Waals surface area contributed by atoms with Gasteiger partial charge in [-0.05, 0) is 12.1 Å². The predicted molar refractivity (Wildman–Crippen MR) is 43.7 cm³/mol. The van der Waals surface area contributed by atoms with Crippen LogP contribution in [0.1, 0.15) is 17.2 Å². The number of aliphatic hydroxyl groups is 1. The molecule has 4 nitrogen and oxygen atoms in total. The summed E-state index contributed by atoms with van der Waals surface area (Å²) in [4.78, 5) is 10.3. The van der Waals surface area contributed by atoms with E-state index in [2.05, 4.69) is 0 Å². The highest BCUT2D eigenvalue weighted by molar-refractivity contribution is 5.74. The molecule has 0 aliphatic rings. The molecule has 1 aromatic rings. The lowest BCUT2D eigenvalue weighted by Crippen LogP contribution is -2.15. The Morgan fingerprint density at radius 3 is 2.53 bits per heavy atom. The number of aliphatic carboxylic acids is 1. The van der Waals surface area contributed by atoms with Crippen molar-refractivity contribution in [3.05, 3.63) is 34.9 Å². The Balaban J connectivity index is 3.40. The number of aliphatic hydroxyl groups excluding tert-OH is 1. The molecule has 15 heavy (non-hydrogen) atoms. The molecule has 0 heterocycles. The van der Waals surface area contributed by atoms with Gasteiger partial charge in [0, 0.05) is 0 Å². The first kappa shape index (κ1) is 11.1. The Hall–Kier alpha value is -2.00. The minimum absolute atomic E-state index is 0.522. The topological polar surface area (TPSA) is 81.3 Å². The molecule has 0 spiro atoms. The maximum absolute atomic E-state index is 13.3. The van der Waals surface area contributed by atoms with Gasteiger partial charge in [0.2, 0.25) is 0 Å². The van der Waals surface area contributed by atoms with Gasteiger partial charge in [0.1, 0.15) is 17.7 Å². The van der Waals surface area contributed by atoms with Crippen molar-refractivity contribution < 1.29 is 23.8 Å². The van der Waals surface area contributed by atoms with E-state index >= 15 is 0 Å². The molecule has 0 saturated heterocycles. The van der Waals surface area contributed by atoms with E-state index in [1.807, 2.05) is 0 Å². The second-order valence-electron chi connectivity index (χ2n) is 2.68. The monoisotopic (exact) mass is 213 g/mol. The van der Waals surface area contributed by atoms with Crippen LogP contribution in [0.5, 0.6) is 0 Å². The van der Waals surface area contributed by atoms with E-state index in [4.69, 9.17) is 15.5 Å². The molecule has 1 unspecified atom stereocenters. The van der Waals surface area contributed by atoms with Crippen molar-refractivity contribution in [2.24, 2.45) is 0 Å². The molecule has 0 fully saturated rings. The molecular formula is C9H5F2NO3. The van der Waals surface area contributed by atoms with Gasteiger partial charge in [-0.2, -0.15) is 5.26 Å². The van der Waals surface area contributed by atoms with Crippen LogP contribution in [0.2, 0.25) is 0 Å². The Kier molecular flexibility index (Phi) is 2.97. The number of nitrogens with zero attached hydrogens (tertiary/aromatic N) is 1. The van der Waals surface area contributed by atoms with Crippen LogP contribution in [-0.4, -0.2) is 16.2 Å². The van der Waals surface area contributed by atoms with E-state index < -0.39 is 34.8 Å². The number of halogens is 2. The fourth-order valence-corrected chi connectivity index (χ4v) is 1.03. The van der Waals surface area contributed by atoms with Crippen LogP contribution in [0.4, 0.5) is 8.78 Å². The summed E-state index contributed by atoms with van der Waals surface area (Å²) in [5.74, 6) is -4.35. The SMILES string of the molecule is N#Cc1ccc(F)c(C(O)C(=O)O)c1F. The lowest BCUT2D eigenvalue weighted by molar-refractivity contribution is -0.147. The number of carbonyl (C=O) groups is 1. The second-order valence-corrected chi connectivity index (χ2v) is 2.68. The first-order valence-electron chi connectivity index (χ1n) is 3.78. The summed E-state index contributed by atoms with van der Waals surface area (Å²) in [6, 6.07) is 3.00. The largest absolute Gasteiger partial charge is 0.479 e. The van der Waals surface area contributed by atoms with Gasteiger partial charge in [-0.3, -0.25) is 0 Å². The van der Waals surface area contributed by atoms with Crippen molar-refractivity contribution >= 4 is 5.97 Å². The fourth-order valence-electron chi connectivity index (χ4n) is 1.03. The van der Waals surface area contributed by atoms with Crippen LogP contribution in [0.15, 0.2) is 12.1 Å². The molecule has 0 aromatic heterocycles. The van der Waals surface area contributed by atoms with Gasteiger partial charge in [-0.1, -0.05) is 0 Å². The molecule has 1 rings (SSSR count). The number of carboxylic acid groups (broad SMARTS) is 1. The third-order valence-corrected chi connectivity index (χ3v) is 1.75. The maximum Gasteiger partial charge on any atom is 0.337 e. The van der Waals surface area contributed by atoms with Crippen molar-refractivity contribution in [1.29, 1.82) is 5.26 Å². The van der Waals surface area contributed by atoms with Crippen molar-refractivity contribution in [2.45, 2.75) is 6.10 Å². The Labute approximate surface area is 83.0 Å². The first-order chi connectivity index (χ1) is 6.99. The van der Waals surface area contributed by atoms with E-state index in [0.717, 1.165) is 12.1 Å². The van der Waals surface area contributed by atoms with Gasteiger partial charge in [-0.15, -0.1) is 0 Å². The molecule has 0 aliphatic heterocycles. The number of benzene rings is 1. The van der Waals surface area contributed by atoms with E-state index in [9.17, 15) is 13.6 Å². The third-order valence-electron chi connectivity index (χ3n) is 1.75. The summed E-state index contributed by atoms with van der Waals surface area (Å²) in [7, 11) is 0. The lowest BCUT2D eigenvalue weighted by Gasteiger charge is -2.08. The van der Waals surface area contributed by atoms with Crippen LogP contribution >= 0.6 is 0 Å². The molecule has 78 valence electrons. The number of nitriles is 1. The van der Waals surface area contributed by atoms with E-state index in [1.165, 1.54) is 6.07 Å². The van der Waals surface area contributed by atoms with Crippen molar-refractivity contribution in [3.63, 3.8) is 0 Å². The van der Waals surface area contributed by atoms with Crippen molar-refractivity contribution in [3.8, 4) is 6.07 Å². The second kappa shape index (κ2) is 4.02. The van der Waals surface area contributed by atoms with E-state index in [0.29, 0.717) is 0 Å². The number of hydrogen-bond acceptors (Lipinski definition) is 3. The van der Waals surface area contributed by atoms with Crippen LogP contribution in [-0.2, 0) is 4.79 Å². The lowest BCUT2D eigenvalue weighted by atomic mass is 10.0. The molecule has 2 N–H and O–H groups in total. The highest BCUT2D eigenvalue weighted by atomic mass is 19.1. The van der Waals surface area contributed by atoms with E-state index in [1.54, 1.807) is 0 Å². The summed E-state index contributed by atoms with van der Waals surface area (Å²) < 4.78 is 26.3. The first-order valence-corrected chi connectivity index (χ1v) is 3.78. The summed E-state index contributed by atoms with van der Waals surface area (Å²) in [5.41, 5.74) is -1.55. The summed E-state index contributed by atoms with van der Waals surface area (Å²) in [5, 5.41) is 25.8. The molecule has 1 atom stereocenters. The van der Waals surface area contributed by atoms with Gasteiger partial charge >= 0.3 is 5.97 Å². The van der Waals surface area contributed by atoms with Gasteiger partial charge < -0.3 is 10.2 Å². The van der Waals surface area contributed by atoms with Crippen LogP contribution in [0, 0.1) is 23.0 Å².